The second-order valence-corrected chi connectivity index (χ2v) is 4.87. The minimum absolute atomic E-state index is 0.0203. The Bertz CT molecular complexity index is 237. The molecule has 4 nitrogen and oxygen atoms in total. The topological polar surface area (TPSA) is 53.5 Å². The molecule has 2 aliphatic rings. The number of halogens is 2. The molecule has 0 spiro atoms. The van der Waals surface area contributed by atoms with E-state index < -0.39 is 6.23 Å². The molecule has 0 aromatic carbocycles. The number of rotatable bonds is 0. The van der Waals surface area contributed by atoms with Crippen molar-refractivity contribution in [2.45, 2.75) is 23.4 Å². The van der Waals surface area contributed by atoms with E-state index in [1.54, 1.807) is 0 Å². The average Bonchev–Trinajstić information content (AvgIpc) is 2.08. The first kappa shape index (κ1) is 10.1. The van der Waals surface area contributed by atoms with Crippen LogP contribution in [0.3, 0.4) is 0 Å². The van der Waals surface area contributed by atoms with Gasteiger partial charge in [-0.05, 0) is 0 Å². The molecule has 1 fully saturated rings. The van der Waals surface area contributed by atoms with Crippen LogP contribution in [0.1, 0.15) is 0 Å². The number of fused-ring (bicyclic) bond motifs is 1. The van der Waals surface area contributed by atoms with Crippen LogP contribution < -0.4 is 10.6 Å². The molecular weight excluding hydrogens is 304 g/mol. The number of ether oxygens (including phenoxy) is 1. The summed E-state index contributed by atoms with van der Waals surface area (Å²) in [5.41, 5.74) is 0. The van der Waals surface area contributed by atoms with Crippen molar-refractivity contribution in [1.82, 2.24) is 10.6 Å². The molecule has 0 aromatic rings. The monoisotopic (exact) mass is 312 g/mol. The highest BCUT2D eigenvalue weighted by molar-refractivity contribution is 9.14. The van der Waals surface area contributed by atoms with E-state index in [1.165, 1.54) is 0 Å². The number of morpholine rings is 1. The van der Waals surface area contributed by atoms with Crippen LogP contribution in [0.2, 0.25) is 0 Å². The van der Waals surface area contributed by atoms with E-state index in [9.17, 15) is 5.11 Å². The first-order valence-corrected chi connectivity index (χ1v) is 5.71. The maximum atomic E-state index is 9.28. The Labute approximate surface area is 93.0 Å². The van der Waals surface area contributed by atoms with Gasteiger partial charge in [-0.15, -0.1) is 0 Å². The summed E-state index contributed by atoms with van der Waals surface area (Å²) in [5.74, 6) is 0. The Hall–Kier alpha value is 0.540. The van der Waals surface area contributed by atoms with Crippen LogP contribution in [-0.2, 0) is 4.74 Å². The van der Waals surface area contributed by atoms with Crippen molar-refractivity contribution in [3.05, 3.63) is 10.6 Å². The summed E-state index contributed by atoms with van der Waals surface area (Å²) >= 11 is 6.84. The first-order valence-electron chi connectivity index (χ1n) is 4.00. The van der Waals surface area contributed by atoms with Gasteiger partial charge in [0.1, 0.15) is 12.5 Å². The maximum absolute atomic E-state index is 9.28. The molecule has 1 saturated heterocycles. The van der Waals surface area contributed by atoms with Crippen molar-refractivity contribution in [1.29, 1.82) is 0 Å². The van der Waals surface area contributed by atoms with E-state index in [0.29, 0.717) is 6.61 Å². The molecule has 74 valence electrons. The zero-order valence-electron chi connectivity index (χ0n) is 6.71. The van der Waals surface area contributed by atoms with Crippen LogP contribution in [0, 0.1) is 0 Å². The molecule has 13 heavy (non-hydrogen) atoms. The van der Waals surface area contributed by atoms with Gasteiger partial charge in [0.15, 0.2) is 0 Å². The zero-order valence-corrected chi connectivity index (χ0v) is 9.88. The Kier molecular flexibility index (Phi) is 3.07. The molecule has 3 N–H and O–H groups in total. The molecule has 0 amide bonds. The van der Waals surface area contributed by atoms with E-state index >= 15 is 0 Å². The minimum Gasteiger partial charge on any atom is -0.376 e. The summed E-state index contributed by atoms with van der Waals surface area (Å²) in [6.45, 7) is 0.319. The average molecular weight is 314 g/mol. The number of nitrogens with one attached hydrogen (secondary N) is 2. The minimum atomic E-state index is -0.577. The third-order valence-corrected chi connectivity index (χ3v) is 4.13. The third kappa shape index (κ3) is 2.14. The SMILES string of the molecule is OC1COC2NC(Br)C(Br)=CC2N1. The van der Waals surface area contributed by atoms with Gasteiger partial charge < -0.3 is 9.84 Å². The zero-order chi connectivity index (χ0) is 9.42. The second kappa shape index (κ2) is 3.96. The predicted octanol–water partition coefficient (Wildman–Crippen LogP) is 0.222. The van der Waals surface area contributed by atoms with E-state index in [2.05, 4.69) is 42.5 Å². The Balaban J connectivity index is 2.11. The van der Waals surface area contributed by atoms with E-state index in [-0.39, 0.29) is 17.2 Å². The lowest BCUT2D eigenvalue weighted by Gasteiger charge is -2.38. The van der Waals surface area contributed by atoms with Gasteiger partial charge in [-0.3, -0.25) is 10.6 Å². The number of hydrogen-bond acceptors (Lipinski definition) is 4. The van der Waals surface area contributed by atoms with Crippen LogP contribution in [-0.4, -0.2) is 35.2 Å². The van der Waals surface area contributed by atoms with Gasteiger partial charge >= 0.3 is 0 Å². The fourth-order valence-electron chi connectivity index (χ4n) is 1.42. The standard InChI is InChI=1S/C7H10Br2N2O2/c8-3-1-4-7(11-6(3)9)13-2-5(12)10-4/h1,4-7,10-12H,2H2. The highest BCUT2D eigenvalue weighted by Crippen LogP contribution is 2.24. The molecule has 4 atom stereocenters. The van der Waals surface area contributed by atoms with Crippen molar-refractivity contribution < 1.29 is 9.84 Å². The molecule has 6 heteroatoms. The van der Waals surface area contributed by atoms with Gasteiger partial charge in [0.2, 0.25) is 0 Å². The summed E-state index contributed by atoms with van der Waals surface area (Å²) in [5, 5.41) is 15.5. The van der Waals surface area contributed by atoms with Crippen molar-refractivity contribution in [3.8, 4) is 0 Å². The third-order valence-electron chi connectivity index (χ3n) is 2.04. The van der Waals surface area contributed by atoms with Crippen molar-refractivity contribution in [2.75, 3.05) is 6.61 Å². The lowest BCUT2D eigenvalue weighted by atomic mass is 10.1. The van der Waals surface area contributed by atoms with E-state index in [4.69, 9.17) is 4.74 Å². The van der Waals surface area contributed by atoms with Gasteiger partial charge in [0.25, 0.3) is 0 Å². The number of hydrogen-bond donors (Lipinski definition) is 3. The lowest BCUT2D eigenvalue weighted by molar-refractivity contribution is -0.0921. The van der Waals surface area contributed by atoms with E-state index in [1.807, 2.05) is 6.08 Å². The molecule has 2 heterocycles. The summed E-state index contributed by atoms with van der Waals surface area (Å²) in [6, 6.07) is 0.0203. The van der Waals surface area contributed by atoms with Gasteiger partial charge in [-0.2, -0.15) is 0 Å². The van der Waals surface area contributed by atoms with Gasteiger partial charge in [0.05, 0.1) is 17.6 Å². The maximum Gasteiger partial charge on any atom is 0.129 e. The Morgan fingerprint density at radius 1 is 1.54 bits per heavy atom. The van der Waals surface area contributed by atoms with Gasteiger partial charge in [-0.25, -0.2) is 0 Å². The summed E-state index contributed by atoms with van der Waals surface area (Å²) < 4.78 is 6.41. The van der Waals surface area contributed by atoms with Crippen LogP contribution in [0.15, 0.2) is 10.6 Å². The van der Waals surface area contributed by atoms with Crippen LogP contribution in [0.25, 0.3) is 0 Å². The quantitative estimate of drug-likeness (QED) is 0.442. The van der Waals surface area contributed by atoms with Gasteiger partial charge in [0, 0.05) is 4.48 Å². The van der Waals surface area contributed by atoms with Crippen LogP contribution in [0.5, 0.6) is 0 Å². The lowest BCUT2D eigenvalue weighted by Crippen LogP contribution is -2.61. The highest BCUT2D eigenvalue weighted by Gasteiger charge is 2.33. The number of alkyl halides is 1. The largest absolute Gasteiger partial charge is 0.376 e. The van der Waals surface area contributed by atoms with Crippen LogP contribution in [0.4, 0.5) is 0 Å². The second-order valence-electron chi connectivity index (χ2n) is 3.04. The van der Waals surface area contributed by atoms with Crippen molar-refractivity contribution in [2.24, 2.45) is 0 Å². The number of aliphatic hydroxyl groups is 1. The van der Waals surface area contributed by atoms with Crippen LogP contribution >= 0.6 is 31.9 Å². The smallest absolute Gasteiger partial charge is 0.129 e. The highest BCUT2D eigenvalue weighted by atomic mass is 79.9. The first-order chi connectivity index (χ1) is 6.16. The van der Waals surface area contributed by atoms with Crippen molar-refractivity contribution in [3.63, 3.8) is 0 Å². The molecule has 4 unspecified atom stereocenters. The Morgan fingerprint density at radius 2 is 2.31 bits per heavy atom. The molecular formula is C7H10Br2N2O2. The molecule has 0 aromatic heterocycles. The molecule has 0 bridgehead atoms. The fraction of sp³-hybridized carbons (Fsp3) is 0.714. The number of aliphatic hydroxyl groups excluding tert-OH is 1. The predicted molar refractivity (Wildman–Crippen MR) is 55.5 cm³/mol. The molecule has 0 radical (unpaired) electrons. The summed E-state index contributed by atoms with van der Waals surface area (Å²) in [7, 11) is 0. The van der Waals surface area contributed by atoms with E-state index in [0.717, 1.165) is 4.48 Å². The molecule has 2 rings (SSSR count). The molecule has 2 aliphatic heterocycles. The summed E-state index contributed by atoms with van der Waals surface area (Å²) in [6.07, 6.45) is 1.34. The Morgan fingerprint density at radius 3 is 3.08 bits per heavy atom. The normalized spacial score (nSPS) is 45.3. The van der Waals surface area contributed by atoms with Crippen molar-refractivity contribution >= 4 is 31.9 Å². The fourth-order valence-corrected chi connectivity index (χ4v) is 2.25. The summed E-state index contributed by atoms with van der Waals surface area (Å²) in [4.78, 5) is 0.0887. The van der Waals surface area contributed by atoms with Gasteiger partial charge in [-0.1, -0.05) is 37.9 Å². The molecule has 0 saturated carbocycles. The molecule has 0 aliphatic carbocycles.